The lowest BCUT2D eigenvalue weighted by Gasteiger charge is -2.20. The van der Waals surface area contributed by atoms with E-state index in [0.717, 1.165) is 67.3 Å². The molecule has 0 fully saturated rings. The van der Waals surface area contributed by atoms with Crippen LogP contribution in [0.15, 0.2) is 42.0 Å². The van der Waals surface area contributed by atoms with Gasteiger partial charge in [0.05, 0.1) is 23.5 Å². The van der Waals surface area contributed by atoms with Crippen LogP contribution in [0.1, 0.15) is 83.4 Å². The van der Waals surface area contributed by atoms with Crippen molar-refractivity contribution in [3.63, 3.8) is 0 Å². The van der Waals surface area contributed by atoms with Crippen LogP contribution in [0, 0.1) is 23.7 Å². The van der Waals surface area contributed by atoms with E-state index in [1.807, 2.05) is 20.8 Å². The Hall–Kier alpha value is -2.71. The van der Waals surface area contributed by atoms with Gasteiger partial charge in [-0.05, 0) is 63.3 Å². The van der Waals surface area contributed by atoms with E-state index >= 15 is 0 Å². The summed E-state index contributed by atoms with van der Waals surface area (Å²) in [6, 6.07) is 10.5. The van der Waals surface area contributed by atoms with Crippen molar-refractivity contribution in [3.8, 4) is 17.3 Å². The normalized spacial score (nSPS) is 13.8. The van der Waals surface area contributed by atoms with Gasteiger partial charge in [0.2, 0.25) is 0 Å². The minimum atomic E-state index is -0.301. The Morgan fingerprint density at radius 3 is 2.67 bits per heavy atom. The van der Waals surface area contributed by atoms with Crippen LogP contribution in [0.3, 0.4) is 0 Å². The predicted octanol–water partition coefficient (Wildman–Crippen LogP) is 6.29. The molecule has 0 saturated carbocycles. The molecule has 2 rings (SSSR count). The van der Waals surface area contributed by atoms with Crippen molar-refractivity contribution >= 4 is 5.57 Å². The van der Waals surface area contributed by atoms with Crippen molar-refractivity contribution in [1.29, 1.82) is 5.26 Å². The molecule has 0 radical (unpaired) electrons. The van der Waals surface area contributed by atoms with Crippen LogP contribution in [0.2, 0.25) is 0 Å². The van der Waals surface area contributed by atoms with Crippen LogP contribution in [0.5, 0.6) is 0 Å². The standard InChI is InChI=1S/C28H40N4O/c1-7-10-11-23(8-2)32-20-31-26(17-27(32)33)25-16-21(4)12-13-24(25)22(5)18-30-15-14-28(6,9-3)19-29/h12-13,16-17,20,23,30H,5,7-11,14-15,18H2,1-4,6H3. The summed E-state index contributed by atoms with van der Waals surface area (Å²) in [6.45, 7) is 16.0. The molecule has 0 amide bonds. The second-order valence-corrected chi connectivity index (χ2v) is 9.33. The smallest absolute Gasteiger partial charge is 0.254 e. The third-order valence-electron chi connectivity index (χ3n) is 6.67. The van der Waals surface area contributed by atoms with Crippen molar-refractivity contribution in [2.75, 3.05) is 13.1 Å². The molecule has 178 valence electrons. The maximum absolute atomic E-state index is 13.0. The second-order valence-electron chi connectivity index (χ2n) is 9.33. The zero-order chi connectivity index (χ0) is 24.4. The highest BCUT2D eigenvalue weighted by atomic mass is 16.1. The first-order chi connectivity index (χ1) is 15.8. The zero-order valence-electron chi connectivity index (χ0n) is 21.1. The summed E-state index contributed by atoms with van der Waals surface area (Å²) >= 11 is 0. The van der Waals surface area contributed by atoms with Gasteiger partial charge in [0.1, 0.15) is 0 Å². The van der Waals surface area contributed by atoms with Gasteiger partial charge in [-0.3, -0.25) is 9.36 Å². The summed E-state index contributed by atoms with van der Waals surface area (Å²) in [6.07, 6.45) is 7.48. The van der Waals surface area contributed by atoms with Crippen LogP contribution >= 0.6 is 0 Å². The van der Waals surface area contributed by atoms with E-state index in [2.05, 4.69) is 55.0 Å². The van der Waals surface area contributed by atoms with E-state index in [9.17, 15) is 10.1 Å². The molecule has 1 N–H and O–H groups in total. The van der Waals surface area contributed by atoms with Gasteiger partial charge in [0, 0.05) is 24.2 Å². The number of unbranched alkanes of at least 4 members (excludes halogenated alkanes) is 1. The molecule has 1 aromatic carbocycles. The SMILES string of the molecule is C=C(CNCCC(C)(C#N)CC)c1ccc(C)cc1-c1cc(=O)n(C(CC)CCCC)cn1. The van der Waals surface area contributed by atoms with Crippen molar-refractivity contribution < 1.29 is 0 Å². The summed E-state index contributed by atoms with van der Waals surface area (Å²) < 4.78 is 1.78. The summed E-state index contributed by atoms with van der Waals surface area (Å²) in [5, 5.41) is 12.8. The summed E-state index contributed by atoms with van der Waals surface area (Å²) in [5.41, 5.74) is 4.37. The average molecular weight is 449 g/mol. The van der Waals surface area contributed by atoms with Gasteiger partial charge in [-0.1, -0.05) is 57.9 Å². The summed E-state index contributed by atoms with van der Waals surface area (Å²) in [7, 11) is 0. The molecule has 5 heteroatoms. The van der Waals surface area contributed by atoms with Gasteiger partial charge >= 0.3 is 0 Å². The number of nitrogens with one attached hydrogen (secondary N) is 1. The number of aromatic nitrogens is 2. The number of rotatable bonds is 13. The Morgan fingerprint density at radius 1 is 1.30 bits per heavy atom. The monoisotopic (exact) mass is 448 g/mol. The minimum Gasteiger partial charge on any atom is -0.313 e. The maximum atomic E-state index is 13.0. The van der Waals surface area contributed by atoms with E-state index in [-0.39, 0.29) is 17.0 Å². The van der Waals surface area contributed by atoms with Crippen molar-refractivity contribution in [2.45, 2.75) is 79.2 Å². The lowest BCUT2D eigenvalue weighted by Crippen LogP contribution is -2.25. The van der Waals surface area contributed by atoms with Crippen molar-refractivity contribution in [3.05, 3.63) is 58.7 Å². The van der Waals surface area contributed by atoms with E-state index < -0.39 is 0 Å². The minimum absolute atomic E-state index is 0.00509. The molecule has 2 aromatic rings. The molecule has 0 aliphatic heterocycles. The Bertz CT molecular complexity index is 1030. The molecule has 0 aliphatic rings. The molecule has 1 heterocycles. The third kappa shape index (κ3) is 7.14. The highest BCUT2D eigenvalue weighted by Gasteiger charge is 2.20. The van der Waals surface area contributed by atoms with Crippen LogP contribution < -0.4 is 10.9 Å². The Balaban J connectivity index is 2.22. The molecule has 2 atom stereocenters. The summed E-state index contributed by atoms with van der Waals surface area (Å²) in [5.74, 6) is 0. The van der Waals surface area contributed by atoms with Crippen LogP contribution in [-0.2, 0) is 0 Å². The average Bonchev–Trinajstić information content (AvgIpc) is 2.82. The van der Waals surface area contributed by atoms with E-state index in [1.54, 1.807) is 17.0 Å². The molecule has 1 aromatic heterocycles. The van der Waals surface area contributed by atoms with E-state index in [1.165, 1.54) is 0 Å². The van der Waals surface area contributed by atoms with Crippen molar-refractivity contribution in [2.24, 2.45) is 5.41 Å². The molecule has 0 bridgehead atoms. The molecule has 0 spiro atoms. The predicted molar refractivity (Wildman–Crippen MR) is 138 cm³/mol. The fourth-order valence-corrected chi connectivity index (χ4v) is 4.00. The third-order valence-corrected chi connectivity index (χ3v) is 6.67. The van der Waals surface area contributed by atoms with Gasteiger partial charge in [-0.25, -0.2) is 4.98 Å². The fraction of sp³-hybridized carbons (Fsp3) is 0.536. The Morgan fingerprint density at radius 2 is 2.06 bits per heavy atom. The molecule has 33 heavy (non-hydrogen) atoms. The van der Waals surface area contributed by atoms with Gasteiger partial charge in [-0.2, -0.15) is 5.26 Å². The first-order valence-corrected chi connectivity index (χ1v) is 12.3. The maximum Gasteiger partial charge on any atom is 0.254 e. The molecule has 0 aliphatic carbocycles. The zero-order valence-corrected chi connectivity index (χ0v) is 21.1. The first-order valence-electron chi connectivity index (χ1n) is 12.3. The van der Waals surface area contributed by atoms with Gasteiger partial charge in [0.15, 0.2) is 0 Å². The second kappa shape index (κ2) is 12.5. The quantitative estimate of drug-likeness (QED) is 0.365. The Kier molecular flexibility index (Phi) is 10.1. The first kappa shape index (κ1) is 26.5. The number of hydrogen-bond donors (Lipinski definition) is 1. The lowest BCUT2D eigenvalue weighted by atomic mass is 9.86. The molecular formula is C28H40N4O. The highest BCUT2D eigenvalue weighted by molar-refractivity contribution is 5.80. The van der Waals surface area contributed by atoms with Crippen LogP contribution in [0.25, 0.3) is 16.8 Å². The van der Waals surface area contributed by atoms with Crippen LogP contribution in [-0.4, -0.2) is 22.6 Å². The molecule has 5 nitrogen and oxygen atoms in total. The van der Waals surface area contributed by atoms with Crippen molar-refractivity contribution in [1.82, 2.24) is 14.9 Å². The molecule has 0 saturated heterocycles. The number of benzene rings is 1. The number of hydrogen-bond acceptors (Lipinski definition) is 4. The van der Waals surface area contributed by atoms with E-state index in [4.69, 9.17) is 0 Å². The molecular weight excluding hydrogens is 408 g/mol. The Labute approximate surface area is 199 Å². The highest BCUT2D eigenvalue weighted by Crippen LogP contribution is 2.28. The van der Waals surface area contributed by atoms with E-state index in [0.29, 0.717) is 12.2 Å². The lowest BCUT2D eigenvalue weighted by molar-refractivity contribution is 0.383. The fourth-order valence-electron chi connectivity index (χ4n) is 4.00. The number of aryl methyl sites for hydroxylation is 1. The van der Waals surface area contributed by atoms with Gasteiger partial charge in [-0.15, -0.1) is 0 Å². The molecule has 2 unspecified atom stereocenters. The topological polar surface area (TPSA) is 70.7 Å². The van der Waals surface area contributed by atoms with Gasteiger partial charge in [0.25, 0.3) is 5.56 Å². The largest absolute Gasteiger partial charge is 0.313 e. The number of nitriles is 1. The van der Waals surface area contributed by atoms with Gasteiger partial charge < -0.3 is 5.32 Å². The van der Waals surface area contributed by atoms with Crippen LogP contribution in [0.4, 0.5) is 0 Å². The number of nitrogens with zero attached hydrogens (tertiary/aromatic N) is 3. The summed E-state index contributed by atoms with van der Waals surface area (Å²) in [4.78, 5) is 17.7.